The van der Waals surface area contributed by atoms with E-state index in [1.54, 1.807) is 4.90 Å². The predicted octanol–water partition coefficient (Wildman–Crippen LogP) is 0.946. The fourth-order valence-electron chi connectivity index (χ4n) is 2.44. The lowest BCUT2D eigenvalue weighted by atomic mass is 10.1. The summed E-state index contributed by atoms with van der Waals surface area (Å²) in [4.78, 5) is 30.7. The van der Waals surface area contributed by atoms with Crippen LogP contribution in [0.4, 0.5) is 4.79 Å². The summed E-state index contributed by atoms with van der Waals surface area (Å²) in [5, 5.41) is 0. The van der Waals surface area contributed by atoms with Gasteiger partial charge in [0.15, 0.2) is 0 Å². The molecule has 0 radical (unpaired) electrons. The quantitative estimate of drug-likeness (QED) is 0.900. The van der Waals surface area contributed by atoms with Crippen molar-refractivity contribution in [3.05, 3.63) is 47.4 Å². The molecular weight excluding hydrogens is 284 g/mol. The number of primary amides is 1. The van der Waals surface area contributed by atoms with Crippen LogP contribution in [0.5, 0.6) is 0 Å². The highest BCUT2D eigenvalue weighted by molar-refractivity contribution is 6.01. The second-order valence-electron chi connectivity index (χ2n) is 5.16. The number of hydrogen-bond acceptors (Lipinski definition) is 4. The number of hydrogen-bond donors (Lipinski definition) is 1. The Morgan fingerprint density at radius 2 is 2.14 bits per heavy atom. The Balaban J connectivity index is 1.79. The molecule has 0 saturated carbocycles. The maximum absolute atomic E-state index is 12.2. The van der Waals surface area contributed by atoms with Crippen LogP contribution in [0, 0.1) is 6.92 Å². The molecule has 2 aliphatic heterocycles. The second-order valence-corrected chi connectivity index (χ2v) is 5.16. The van der Waals surface area contributed by atoms with Crippen molar-refractivity contribution >= 4 is 18.0 Å². The minimum absolute atomic E-state index is 0.103. The molecule has 7 heteroatoms. The third-order valence-electron chi connectivity index (χ3n) is 3.73. The lowest BCUT2D eigenvalue weighted by Crippen LogP contribution is -2.36. The van der Waals surface area contributed by atoms with Crippen molar-refractivity contribution in [2.45, 2.75) is 13.5 Å². The molecule has 3 rings (SSSR count). The van der Waals surface area contributed by atoms with E-state index in [1.165, 1.54) is 11.2 Å². The first kappa shape index (κ1) is 14.1. The first-order valence-corrected chi connectivity index (χ1v) is 6.92. The van der Waals surface area contributed by atoms with Gasteiger partial charge in [0.2, 0.25) is 0 Å². The molecule has 0 spiro atoms. The van der Waals surface area contributed by atoms with Crippen LogP contribution < -0.4 is 5.73 Å². The number of ether oxygens (including phenoxy) is 1. The first-order chi connectivity index (χ1) is 10.6. The number of carbonyl (C=O) groups excluding carboxylic acids is 2. The van der Waals surface area contributed by atoms with E-state index in [9.17, 15) is 9.59 Å². The minimum Gasteiger partial charge on any atom is -0.431 e. The molecule has 2 aliphatic rings. The summed E-state index contributed by atoms with van der Waals surface area (Å²) >= 11 is 0. The normalized spacial score (nSPS) is 17.4. The molecule has 1 aromatic carbocycles. The highest BCUT2D eigenvalue weighted by Crippen LogP contribution is 2.19. The number of urea groups is 1. The fraction of sp³-hybridized carbons (Fsp3) is 0.267. The number of carbonyl (C=O) groups is 2. The van der Waals surface area contributed by atoms with Gasteiger partial charge in [0, 0.05) is 19.6 Å². The van der Waals surface area contributed by atoms with Gasteiger partial charge in [-0.3, -0.25) is 9.69 Å². The van der Waals surface area contributed by atoms with E-state index < -0.39 is 5.91 Å². The highest BCUT2D eigenvalue weighted by Gasteiger charge is 2.32. The molecule has 2 heterocycles. The number of amides is 3. The van der Waals surface area contributed by atoms with Crippen LogP contribution >= 0.6 is 0 Å². The van der Waals surface area contributed by atoms with Crippen LogP contribution in [0.1, 0.15) is 11.1 Å². The first-order valence-electron chi connectivity index (χ1n) is 6.92. The summed E-state index contributed by atoms with van der Waals surface area (Å²) < 4.78 is 5.17. The van der Waals surface area contributed by atoms with E-state index in [4.69, 9.17) is 10.5 Å². The number of aliphatic imine (C=N–C) groups is 1. The third kappa shape index (κ3) is 2.52. The molecule has 3 amide bonds. The van der Waals surface area contributed by atoms with Gasteiger partial charge in [0.25, 0.3) is 5.91 Å². The Kier molecular flexibility index (Phi) is 3.54. The van der Waals surface area contributed by atoms with Crippen molar-refractivity contribution in [3.63, 3.8) is 0 Å². The van der Waals surface area contributed by atoms with Gasteiger partial charge in [-0.2, -0.15) is 0 Å². The number of benzene rings is 1. The number of amidine groups is 1. The lowest BCUT2D eigenvalue weighted by Gasteiger charge is -2.21. The van der Waals surface area contributed by atoms with Crippen molar-refractivity contribution in [3.8, 4) is 0 Å². The van der Waals surface area contributed by atoms with Gasteiger partial charge in [-0.15, -0.1) is 4.99 Å². The zero-order chi connectivity index (χ0) is 15.7. The van der Waals surface area contributed by atoms with Crippen LogP contribution in [0.25, 0.3) is 0 Å². The van der Waals surface area contributed by atoms with Crippen molar-refractivity contribution in [1.82, 2.24) is 9.80 Å². The Morgan fingerprint density at radius 3 is 2.86 bits per heavy atom. The standard InChI is InChI=1S/C15H16N4O3/c1-10-4-2-3-5-11(10)8-18-6-7-19-12(13(16)20)9-22-15(19)17-14(18)21/h2-5,9H,6-8H2,1H3,(H2,16,20). The molecular formula is C15H16N4O3. The molecule has 22 heavy (non-hydrogen) atoms. The Labute approximate surface area is 127 Å². The van der Waals surface area contributed by atoms with Crippen LogP contribution in [0.2, 0.25) is 0 Å². The van der Waals surface area contributed by atoms with Gasteiger partial charge in [0.05, 0.1) is 0 Å². The summed E-state index contributed by atoms with van der Waals surface area (Å²) in [6, 6.07) is 7.58. The molecule has 2 N–H and O–H groups in total. The number of nitrogens with two attached hydrogens (primary N) is 1. The van der Waals surface area contributed by atoms with Crippen molar-refractivity contribution in [1.29, 1.82) is 0 Å². The minimum atomic E-state index is -0.606. The summed E-state index contributed by atoms with van der Waals surface area (Å²) in [7, 11) is 0. The second kappa shape index (κ2) is 5.51. The number of nitrogens with zero attached hydrogens (tertiary/aromatic N) is 3. The maximum Gasteiger partial charge on any atom is 0.348 e. The Bertz CT molecular complexity index is 696. The molecule has 7 nitrogen and oxygen atoms in total. The van der Waals surface area contributed by atoms with Crippen molar-refractivity contribution in [2.75, 3.05) is 13.1 Å². The van der Waals surface area contributed by atoms with Gasteiger partial charge < -0.3 is 15.4 Å². The third-order valence-corrected chi connectivity index (χ3v) is 3.73. The zero-order valence-electron chi connectivity index (χ0n) is 12.2. The lowest BCUT2D eigenvalue weighted by molar-refractivity contribution is -0.115. The van der Waals surface area contributed by atoms with E-state index in [0.717, 1.165) is 11.1 Å². The van der Waals surface area contributed by atoms with Crippen LogP contribution in [0.15, 0.2) is 41.2 Å². The number of rotatable bonds is 3. The molecule has 0 unspecified atom stereocenters. The predicted molar refractivity (Wildman–Crippen MR) is 79.5 cm³/mol. The number of fused-ring (bicyclic) bond motifs is 1. The molecule has 1 aromatic rings. The van der Waals surface area contributed by atoms with E-state index in [1.807, 2.05) is 31.2 Å². The maximum atomic E-state index is 12.2. The van der Waals surface area contributed by atoms with Crippen LogP contribution in [0.3, 0.4) is 0 Å². The van der Waals surface area contributed by atoms with E-state index >= 15 is 0 Å². The molecule has 0 saturated heterocycles. The Hall–Kier alpha value is -2.83. The molecule has 0 aliphatic carbocycles. The average Bonchev–Trinajstić information content (AvgIpc) is 2.81. The smallest absolute Gasteiger partial charge is 0.348 e. The van der Waals surface area contributed by atoms with Crippen LogP contribution in [-0.2, 0) is 16.1 Å². The molecule has 114 valence electrons. The van der Waals surface area contributed by atoms with Crippen molar-refractivity contribution < 1.29 is 14.3 Å². The Morgan fingerprint density at radius 1 is 1.36 bits per heavy atom. The topological polar surface area (TPSA) is 88.2 Å². The molecule has 0 atom stereocenters. The molecule has 0 aromatic heterocycles. The summed E-state index contributed by atoms with van der Waals surface area (Å²) in [6.07, 6.45) is 1.23. The van der Waals surface area contributed by atoms with Gasteiger partial charge in [0.1, 0.15) is 12.0 Å². The van der Waals surface area contributed by atoms with Gasteiger partial charge in [-0.1, -0.05) is 24.3 Å². The van der Waals surface area contributed by atoms with Gasteiger partial charge >= 0.3 is 12.1 Å². The monoisotopic (exact) mass is 300 g/mol. The van der Waals surface area contributed by atoms with Crippen molar-refractivity contribution in [2.24, 2.45) is 10.7 Å². The van der Waals surface area contributed by atoms with E-state index in [2.05, 4.69) is 4.99 Å². The highest BCUT2D eigenvalue weighted by atomic mass is 16.5. The molecule has 0 fully saturated rings. The fourth-order valence-corrected chi connectivity index (χ4v) is 2.44. The zero-order valence-corrected chi connectivity index (χ0v) is 12.2. The van der Waals surface area contributed by atoms with E-state index in [0.29, 0.717) is 19.6 Å². The summed E-state index contributed by atoms with van der Waals surface area (Å²) in [5.74, 6) is -0.606. The average molecular weight is 300 g/mol. The van der Waals surface area contributed by atoms with Crippen LogP contribution in [-0.4, -0.2) is 40.8 Å². The largest absolute Gasteiger partial charge is 0.431 e. The summed E-state index contributed by atoms with van der Waals surface area (Å²) in [6.45, 7) is 3.30. The number of aryl methyl sites for hydroxylation is 1. The SMILES string of the molecule is Cc1ccccc1CN1CCN2C(C(N)=O)=COC2=NC1=O. The molecule has 0 bridgehead atoms. The summed E-state index contributed by atoms with van der Waals surface area (Å²) in [5.41, 5.74) is 7.67. The van der Waals surface area contributed by atoms with E-state index in [-0.39, 0.29) is 17.7 Å². The van der Waals surface area contributed by atoms with Gasteiger partial charge in [-0.05, 0) is 18.1 Å². The van der Waals surface area contributed by atoms with Gasteiger partial charge in [-0.25, -0.2) is 4.79 Å².